The Morgan fingerprint density at radius 3 is 2.00 bits per heavy atom. The van der Waals surface area contributed by atoms with Gasteiger partial charge >= 0.3 is 11.9 Å². The van der Waals surface area contributed by atoms with Gasteiger partial charge in [-0.05, 0) is 30.3 Å². The number of allylic oxidation sites excluding steroid dienone is 4. The van der Waals surface area contributed by atoms with Crippen LogP contribution in [0.1, 0.15) is 91.9 Å². The van der Waals surface area contributed by atoms with Crippen LogP contribution in [0.15, 0.2) is 35.5 Å². The number of aliphatic carboxylic acids is 2. The van der Waals surface area contributed by atoms with Gasteiger partial charge in [-0.3, -0.25) is 4.79 Å². The fourth-order valence-corrected chi connectivity index (χ4v) is 4.43. The number of carbonyl (C=O) groups is 2. The van der Waals surface area contributed by atoms with Crippen LogP contribution in [0.5, 0.6) is 0 Å². The molecular formula is C25H40O4. The van der Waals surface area contributed by atoms with Gasteiger partial charge in [-0.2, -0.15) is 0 Å². The van der Waals surface area contributed by atoms with Crippen molar-refractivity contribution >= 4 is 11.9 Å². The van der Waals surface area contributed by atoms with Crippen LogP contribution in [0.4, 0.5) is 0 Å². The Morgan fingerprint density at radius 2 is 1.52 bits per heavy atom. The molecule has 1 aliphatic rings. The van der Waals surface area contributed by atoms with Gasteiger partial charge in [0, 0.05) is 0 Å². The Bertz CT molecular complexity index is 629. The molecule has 0 aromatic rings. The molecule has 0 bridgehead atoms. The van der Waals surface area contributed by atoms with Crippen molar-refractivity contribution in [3.63, 3.8) is 0 Å². The van der Waals surface area contributed by atoms with E-state index in [1.165, 1.54) is 0 Å². The van der Waals surface area contributed by atoms with Gasteiger partial charge in [0.2, 0.25) is 0 Å². The zero-order chi connectivity index (χ0) is 21.9. The zero-order valence-electron chi connectivity index (χ0n) is 18.7. The van der Waals surface area contributed by atoms with Crippen LogP contribution in [0, 0.1) is 17.3 Å². The zero-order valence-corrected chi connectivity index (χ0v) is 18.7. The molecule has 0 saturated heterocycles. The fourth-order valence-electron chi connectivity index (χ4n) is 4.43. The second-order valence-electron chi connectivity index (χ2n) is 8.44. The number of unbranched alkanes of at least 4 members (excludes halogenated alkanes) is 2. The summed E-state index contributed by atoms with van der Waals surface area (Å²) in [6.45, 7) is 8.47. The van der Waals surface area contributed by atoms with Gasteiger partial charge in [0.25, 0.3) is 0 Å². The molecule has 4 nitrogen and oxygen atoms in total. The Kier molecular flexibility index (Phi) is 11.0. The van der Waals surface area contributed by atoms with Gasteiger partial charge in [-0.25, -0.2) is 4.79 Å². The van der Waals surface area contributed by atoms with E-state index in [1.54, 1.807) is 12.2 Å². The van der Waals surface area contributed by atoms with Crippen molar-refractivity contribution in [1.29, 1.82) is 0 Å². The van der Waals surface area contributed by atoms with Crippen LogP contribution >= 0.6 is 0 Å². The summed E-state index contributed by atoms with van der Waals surface area (Å²) in [7, 11) is 0. The van der Waals surface area contributed by atoms with E-state index in [9.17, 15) is 19.8 Å². The summed E-state index contributed by atoms with van der Waals surface area (Å²) in [5.41, 5.74) is -0.722. The summed E-state index contributed by atoms with van der Waals surface area (Å²) in [4.78, 5) is 25.0. The average molecular weight is 405 g/mol. The van der Waals surface area contributed by atoms with Crippen molar-refractivity contribution in [2.75, 3.05) is 0 Å². The average Bonchev–Trinajstić information content (AvgIpc) is 2.88. The number of hydrogen-bond acceptors (Lipinski definition) is 2. The second kappa shape index (κ2) is 12.7. The Balaban J connectivity index is 3.43. The molecule has 1 aliphatic carbocycles. The van der Waals surface area contributed by atoms with E-state index in [1.807, 2.05) is 12.2 Å². The molecule has 2 N–H and O–H groups in total. The molecule has 0 aromatic heterocycles. The maximum Gasteiger partial charge on any atom is 0.333 e. The third-order valence-corrected chi connectivity index (χ3v) is 6.36. The minimum absolute atomic E-state index is 0.0693. The summed E-state index contributed by atoms with van der Waals surface area (Å²) in [5, 5.41) is 20.4. The summed E-state index contributed by atoms with van der Waals surface area (Å²) < 4.78 is 0. The third-order valence-electron chi connectivity index (χ3n) is 6.36. The molecule has 1 rings (SSSR count). The third kappa shape index (κ3) is 6.87. The molecule has 4 heteroatoms. The first-order chi connectivity index (χ1) is 13.9. The molecule has 0 saturated carbocycles. The van der Waals surface area contributed by atoms with Crippen molar-refractivity contribution < 1.29 is 19.8 Å². The van der Waals surface area contributed by atoms with Crippen molar-refractivity contribution in [2.45, 2.75) is 91.9 Å². The van der Waals surface area contributed by atoms with Gasteiger partial charge in [0.1, 0.15) is 5.41 Å². The Morgan fingerprint density at radius 1 is 0.931 bits per heavy atom. The maximum absolute atomic E-state index is 12.6. The monoisotopic (exact) mass is 404 g/mol. The van der Waals surface area contributed by atoms with Crippen LogP contribution in [0.2, 0.25) is 0 Å². The first-order valence-corrected chi connectivity index (χ1v) is 11.4. The quantitative estimate of drug-likeness (QED) is 0.335. The molecule has 164 valence electrons. The van der Waals surface area contributed by atoms with Crippen molar-refractivity contribution in [3.8, 4) is 0 Å². The van der Waals surface area contributed by atoms with Crippen LogP contribution in [-0.4, -0.2) is 22.2 Å². The summed E-state index contributed by atoms with van der Waals surface area (Å²) >= 11 is 0. The largest absolute Gasteiger partial charge is 0.480 e. The van der Waals surface area contributed by atoms with E-state index in [0.717, 1.165) is 51.4 Å². The van der Waals surface area contributed by atoms with E-state index >= 15 is 0 Å². The van der Waals surface area contributed by atoms with Crippen molar-refractivity contribution in [2.24, 2.45) is 17.3 Å². The van der Waals surface area contributed by atoms with E-state index in [2.05, 4.69) is 27.7 Å². The highest BCUT2D eigenvalue weighted by Gasteiger charge is 2.46. The molecule has 0 amide bonds. The van der Waals surface area contributed by atoms with Gasteiger partial charge in [-0.1, -0.05) is 103 Å². The Labute approximate surface area is 176 Å². The van der Waals surface area contributed by atoms with Crippen molar-refractivity contribution in [3.05, 3.63) is 35.5 Å². The van der Waals surface area contributed by atoms with Gasteiger partial charge in [0.15, 0.2) is 0 Å². The minimum Gasteiger partial charge on any atom is -0.480 e. The number of carboxylic acids is 2. The van der Waals surface area contributed by atoms with Gasteiger partial charge < -0.3 is 10.2 Å². The lowest BCUT2D eigenvalue weighted by Crippen LogP contribution is -2.37. The molecule has 3 unspecified atom stereocenters. The molecule has 0 radical (unpaired) electrons. The molecule has 0 spiro atoms. The van der Waals surface area contributed by atoms with Crippen molar-refractivity contribution in [1.82, 2.24) is 0 Å². The highest BCUT2D eigenvalue weighted by atomic mass is 16.4. The summed E-state index contributed by atoms with van der Waals surface area (Å²) in [6.07, 6.45) is 16.0. The molecular weight excluding hydrogens is 364 g/mol. The lowest BCUT2D eigenvalue weighted by Gasteiger charge is -2.32. The first kappa shape index (κ1) is 25.2. The van der Waals surface area contributed by atoms with Crippen LogP contribution < -0.4 is 0 Å². The number of rotatable bonds is 14. The van der Waals surface area contributed by atoms with Crippen LogP contribution in [-0.2, 0) is 9.59 Å². The van der Waals surface area contributed by atoms with Gasteiger partial charge in [0.05, 0.1) is 5.57 Å². The number of hydrogen-bond donors (Lipinski definition) is 2. The first-order valence-electron chi connectivity index (χ1n) is 11.4. The van der Waals surface area contributed by atoms with Gasteiger partial charge in [-0.15, -0.1) is 0 Å². The SMILES string of the molecule is CCCCC(CC)CC1=C(C(=O)O)C(CC(CC)CCCC)(C(=O)O)C=CC=C1. The van der Waals surface area contributed by atoms with E-state index in [4.69, 9.17) is 0 Å². The van der Waals surface area contributed by atoms with E-state index in [0.29, 0.717) is 24.3 Å². The fraction of sp³-hybridized carbons (Fsp3) is 0.680. The predicted octanol–water partition coefficient (Wildman–Crippen LogP) is 6.78. The van der Waals surface area contributed by atoms with Crippen LogP contribution in [0.25, 0.3) is 0 Å². The molecule has 0 fully saturated rings. The van der Waals surface area contributed by atoms with Crippen LogP contribution in [0.3, 0.4) is 0 Å². The number of carboxylic acid groups (broad SMARTS) is 2. The summed E-state index contributed by atoms with van der Waals surface area (Å²) in [5.74, 6) is -1.60. The standard InChI is InChI=1S/C25H40O4/c1-5-9-13-19(7-3)17-21-15-11-12-16-25(24(28)29,22(21)23(26)27)18-20(8-4)14-10-6-2/h11-12,15-16,19-20H,5-10,13-14,17-18H2,1-4H3,(H,26,27)(H,28,29). The normalized spacial score (nSPS) is 21.1. The molecule has 0 heterocycles. The maximum atomic E-state index is 12.6. The molecule has 0 aromatic carbocycles. The lowest BCUT2D eigenvalue weighted by molar-refractivity contribution is -0.148. The predicted molar refractivity (Wildman–Crippen MR) is 119 cm³/mol. The topological polar surface area (TPSA) is 74.6 Å². The smallest absolute Gasteiger partial charge is 0.333 e. The Hall–Kier alpha value is -1.84. The molecule has 3 atom stereocenters. The molecule has 29 heavy (non-hydrogen) atoms. The second-order valence-corrected chi connectivity index (χ2v) is 8.44. The minimum atomic E-state index is -1.47. The molecule has 0 aliphatic heterocycles. The highest BCUT2D eigenvalue weighted by Crippen LogP contribution is 2.43. The lowest BCUT2D eigenvalue weighted by atomic mass is 9.69. The van der Waals surface area contributed by atoms with E-state index < -0.39 is 17.4 Å². The summed E-state index contributed by atoms with van der Waals surface area (Å²) in [6, 6.07) is 0. The van der Waals surface area contributed by atoms with E-state index in [-0.39, 0.29) is 11.5 Å². The highest BCUT2D eigenvalue weighted by molar-refractivity contribution is 5.99.